The van der Waals surface area contributed by atoms with E-state index in [1.807, 2.05) is 6.92 Å². The molecule has 1 N–H and O–H groups in total. The smallest absolute Gasteiger partial charge is 0.254 e. The highest BCUT2D eigenvalue weighted by Crippen LogP contribution is 2.35. The normalized spacial score (nSPS) is 13.1. The monoisotopic (exact) mass is 520 g/mol. The van der Waals surface area contributed by atoms with Gasteiger partial charge in [0.25, 0.3) is 11.8 Å². The zero-order valence-electron chi connectivity index (χ0n) is 19.3. The summed E-state index contributed by atoms with van der Waals surface area (Å²) < 4.78 is 17.3. The third-order valence-electron chi connectivity index (χ3n) is 5.66. The van der Waals surface area contributed by atoms with Crippen molar-refractivity contribution in [1.82, 2.24) is 9.80 Å². The maximum Gasteiger partial charge on any atom is 0.254 e. The SMILES string of the molecule is CCN(C)C(=O)c1cc(OC)c(OCOc2cc(C(=O)N3CCCC3)c(C)cc2O)cc1Br. The Kier molecular flexibility index (Phi) is 8.07. The maximum absolute atomic E-state index is 12.8. The van der Waals surface area contributed by atoms with Crippen molar-refractivity contribution >= 4 is 27.7 Å². The van der Waals surface area contributed by atoms with Crippen LogP contribution in [0.15, 0.2) is 28.7 Å². The van der Waals surface area contributed by atoms with Crippen LogP contribution in [0.1, 0.15) is 46.0 Å². The van der Waals surface area contributed by atoms with Gasteiger partial charge in [0, 0.05) is 36.7 Å². The molecule has 0 spiro atoms. The molecule has 1 fully saturated rings. The summed E-state index contributed by atoms with van der Waals surface area (Å²) in [6, 6.07) is 6.30. The van der Waals surface area contributed by atoms with Crippen molar-refractivity contribution in [3.8, 4) is 23.0 Å². The van der Waals surface area contributed by atoms with Gasteiger partial charge in [0.2, 0.25) is 6.79 Å². The van der Waals surface area contributed by atoms with Gasteiger partial charge in [0.1, 0.15) is 0 Å². The van der Waals surface area contributed by atoms with Gasteiger partial charge in [0.05, 0.1) is 12.7 Å². The Bertz CT molecular complexity index is 1040. The van der Waals surface area contributed by atoms with E-state index >= 15 is 0 Å². The Balaban J connectivity index is 1.74. The van der Waals surface area contributed by atoms with Crippen LogP contribution in [0.4, 0.5) is 0 Å². The Hall–Kier alpha value is -2.94. The average Bonchev–Trinajstić information content (AvgIpc) is 3.34. The number of likely N-dealkylation sites (tertiary alicyclic amines) is 1. The summed E-state index contributed by atoms with van der Waals surface area (Å²) in [6.07, 6.45) is 1.99. The van der Waals surface area contributed by atoms with Gasteiger partial charge in [-0.2, -0.15) is 0 Å². The van der Waals surface area contributed by atoms with E-state index in [4.69, 9.17) is 14.2 Å². The number of rotatable bonds is 8. The Morgan fingerprint density at radius 2 is 1.70 bits per heavy atom. The predicted octanol–water partition coefficient (Wildman–Crippen LogP) is 4.21. The molecule has 0 saturated carbocycles. The molecule has 9 heteroatoms. The van der Waals surface area contributed by atoms with Crippen LogP contribution in [0.25, 0.3) is 0 Å². The molecule has 0 aromatic heterocycles. The largest absolute Gasteiger partial charge is 0.504 e. The van der Waals surface area contributed by atoms with Gasteiger partial charge in [0.15, 0.2) is 23.0 Å². The summed E-state index contributed by atoms with van der Waals surface area (Å²) in [7, 11) is 3.20. The molecule has 0 radical (unpaired) electrons. The molecule has 0 aliphatic carbocycles. The second-order valence-electron chi connectivity index (χ2n) is 7.84. The van der Waals surface area contributed by atoms with Crippen molar-refractivity contribution in [1.29, 1.82) is 0 Å². The molecular weight excluding hydrogens is 492 g/mol. The first kappa shape index (κ1) is 24.7. The second kappa shape index (κ2) is 10.8. The van der Waals surface area contributed by atoms with Crippen molar-refractivity contribution in [3.05, 3.63) is 45.4 Å². The molecule has 1 saturated heterocycles. The second-order valence-corrected chi connectivity index (χ2v) is 8.70. The van der Waals surface area contributed by atoms with Crippen LogP contribution < -0.4 is 14.2 Å². The van der Waals surface area contributed by atoms with Crippen LogP contribution in [0.3, 0.4) is 0 Å². The lowest BCUT2D eigenvalue weighted by molar-refractivity contribution is 0.0785. The number of benzene rings is 2. The molecule has 33 heavy (non-hydrogen) atoms. The van der Waals surface area contributed by atoms with E-state index in [1.54, 1.807) is 42.0 Å². The summed E-state index contributed by atoms with van der Waals surface area (Å²) in [5.74, 6) is 0.583. The minimum Gasteiger partial charge on any atom is -0.504 e. The minimum absolute atomic E-state index is 0.0707. The Morgan fingerprint density at radius 3 is 2.33 bits per heavy atom. The highest BCUT2D eigenvalue weighted by molar-refractivity contribution is 9.10. The van der Waals surface area contributed by atoms with Gasteiger partial charge in [-0.15, -0.1) is 0 Å². The number of aryl methyl sites for hydroxylation is 1. The summed E-state index contributed by atoms with van der Waals surface area (Å²) in [6.45, 7) is 5.48. The van der Waals surface area contributed by atoms with Gasteiger partial charge < -0.3 is 29.1 Å². The van der Waals surface area contributed by atoms with Gasteiger partial charge in [-0.25, -0.2) is 0 Å². The molecule has 3 rings (SSSR count). The number of carbonyl (C=O) groups excluding carboxylic acids is 2. The van der Waals surface area contributed by atoms with Crippen LogP contribution in [0.2, 0.25) is 0 Å². The first-order valence-electron chi connectivity index (χ1n) is 10.8. The summed E-state index contributed by atoms with van der Waals surface area (Å²) in [5, 5.41) is 10.3. The van der Waals surface area contributed by atoms with Crippen LogP contribution >= 0.6 is 15.9 Å². The van der Waals surface area contributed by atoms with E-state index in [0.29, 0.717) is 39.2 Å². The first-order chi connectivity index (χ1) is 15.8. The standard InChI is InChI=1S/C24H29BrN2O6/c1-5-26(3)23(29)17-12-21(31-4)22(13-18(17)25)33-14-32-20-11-16(15(2)10-19(20)28)24(30)27-8-6-7-9-27/h10-13,28H,5-9,14H2,1-4H3. The molecule has 0 bridgehead atoms. The molecule has 2 aromatic rings. The Morgan fingerprint density at radius 1 is 1.06 bits per heavy atom. The molecule has 2 aromatic carbocycles. The summed E-state index contributed by atoms with van der Waals surface area (Å²) in [5.41, 5.74) is 1.62. The molecule has 2 amide bonds. The van der Waals surface area contributed by atoms with Crippen molar-refractivity contribution in [2.75, 3.05) is 40.6 Å². The number of hydrogen-bond donors (Lipinski definition) is 1. The molecular formula is C24H29BrN2O6. The number of amides is 2. The van der Waals surface area contributed by atoms with Crippen LogP contribution in [-0.4, -0.2) is 67.3 Å². The topological polar surface area (TPSA) is 88.5 Å². The molecule has 178 valence electrons. The van der Waals surface area contributed by atoms with E-state index in [-0.39, 0.29) is 30.1 Å². The van der Waals surface area contributed by atoms with Crippen LogP contribution in [0.5, 0.6) is 23.0 Å². The number of hydrogen-bond acceptors (Lipinski definition) is 6. The molecule has 8 nitrogen and oxygen atoms in total. The fourth-order valence-electron chi connectivity index (χ4n) is 3.59. The number of ether oxygens (including phenoxy) is 3. The number of methoxy groups -OCH3 is 1. The molecule has 1 aliphatic heterocycles. The highest BCUT2D eigenvalue weighted by Gasteiger charge is 2.23. The van der Waals surface area contributed by atoms with E-state index in [2.05, 4.69) is 15.9 Å². The van der Waals surface area contributed by atoms with Crippen molar-refractivity contribution in [2.45, 2.75) is 26.7 Å². The highest BCUT2D eigenvalue weighted by atomic mass is 79.9. The van der Waals surface area contributed by atoms with E-state index in [1.165, 1.54) is 13.2 Å². The van der Waals surface area contributed by atoms with Crippen molar-refractivity contribution < 1.29 is 28.9 Å². The molecule has 0 unspecified atom stereocenters. The zero-order chi connectivity index (χ0) is 24.1. The predicted molar refractivity (Wildman–Crippen MR) is 127 cm³/mol. The quantitative estimate of drug-likeness (QED) is 0.524. The number of phenols is 1. The number of aromatic hydroxyl groups is 1. The van der Waals surface area contributed by atoms with Crippen molar-refractivity contribution in [3.63, 3.8) is 0 Å². The number of nitrogens with zero attached hydrogens (tertiary/aromatic N) is 2. The van der Waals surface area contributed by atoms with Gasteiger partial charge in [-0.05, 0) is 72.4 Å². The third-order valence-corrected chi connectivity index (χ3v) is 6.32. The summed E-state index contributed by atoms with van der Waals surface area (Å²) >= 11 is 3.42. The van der Waals surface area contributed by atoms with Gasteiger partial charge in [-0.1, -0.05) is 0 Å². The zero-order valence-corrected chi connectivity index (χ0v) is 20.9. The fourth-order valence-corrected chi connectivity index (χ4v) is 4.08. The van der Waals surface area contributed by atoms with Crippen LogP contribution in [0, 0.1) is 6.92 Å². The first-order valence-corrected chi connectivity index (χ1v) is 11.6. The molecule has 0 atom stereocenters. The van der Waals surface area contributed by atoms with E-state index in [0.717, 1.165) is 25.9 Å². The molecule has 1 heterocycles. The lowest BCUT2D eigenvalue weighted by Crippen LogP contribution is -2.28. The van der Waals surface area contributed by atoms with Crippen LogP contribution in [-0.2, 0) is 0 Å². The van der Waals surface area contributed by atoms with E-state index < -0.39 is 0 Å². The Labute approximate surface area is 202 Å². The van der Waals surface area contributed by atoms with Gasteiger partial charge >= 0.3 is 0 Å². The minimum atomic E-state index is -0.237. The van der Waals surface area contributed by atoms with Gasteiger partial charge in [-0.3, -0.25) is 9.59 Å². The molecule has 1 aliphatic rings. The van der Waals surface area contributed by atoms with Crippen molar-refractivity contribution in [2.24, 2.45) is 0 Å². The summed E-state index contributed by atoms with van der Waals surface area (Å²) in [4.78, 5) is 28.7. The number of carbonyl (C=O) groups is 2. The fraction of sp³-hybridized carbons (Fsp3) is 0.417. The number of halogens is 1. The van der Waals surface area contributed by atoms with E-state index in [9.17, 15) is 14.7 Å². The third kappa shape index (κ3) is 5.52. The number of phenolic OH excluding ortho intramolecular Hbond substituents is 1. The average molecular weight is 521 g/mol. The maximum atomic E-state index is 12.8. The lowest BCUT2D eigenvalue weighted by Gasteiger charge is -2.19. The lowest BCUT2D eigenvalue weighted by atomic mass is 10.1.